The van der Waals surface area contributed by atoms with E-state index in [0.717, 1.165) is 12.1 Å². The summed E-state index contributed by atoms with van der Waals surface area (Å²) in [4.78, 5) is 13.4. The van der Waals surface area contributed by atoms with E-state index in [-0.39, 0.29) is 28.1 Å². The van der Waals surface area contributed by atoms with Gasteiger partial charge in [-0.3, -0.25) is 4.79 Å². The van der Waals surface area contributed by atoms with Gasteiger partial charge in [0.1, 0.15) is 17.4 Å². The van der Waals surface area contributed by atoms with Crippen LogP contribution in [0.3, 0.4) is 0 Å². The molecule has 4 rings (SSSR count). The Bertz CT molecular complexity index is 1170. The number of hydrogen-bond acceptors (Lipinski definition) is 4. The highest BCUT2D eigenvalue weighted by atomic mass is 35.5. The number of hydrogen-bond donors (Lipinski definition) is 1. The largest absolute Gasteiger partial charge is 0.506 e. The predicted octanol–water partition coefficient (Wildman–Crippen LogP) is 4.43. The summed E-state index contributed by atoms with van der Waals surface area (Å²) in [5, 5.41) is 18.0. The molecule has 6 nitrogen and oxygen atoms in total. The normalized spacial score (nSPS) is 13.3. The van der Waals surface area contributed by atoms with Crippen molar-refractivity contribution in [3.8, 4) is 28.3 Å². The maximum absolute atomic E-state index is 15.0. The van der Waals surface area contributed by atoms with Gasteiger partial charge in [-0.1, -0.05) is 29.8 Å². The topological polar surface area (TPSA) is 71.2 Å². The first-order valence-electron chi connectivity index (χ1n) is 8.82. The van der Waals surface area contributed by atoms with Gasteiger partial charge in [0.05, 0.1) is 22.2 Å². The number of aromatic hydroxyl groups is 1. The minimum Gasteiger partial charge on any atom is -0.506 e. The fraction of sp³-hybridized carbons (Fsp3) is 0.150. The Hall–Kier alpha value is -2.97. The number of amides is 1. The zero-order chi connectivity index (χ0) is 21.6. The maximum Gasteiger partial charge on any atom is 0.246 e. The second kappa shape index (κ2) is 7.70. The lowest BCUT2D eigenvalue weighted by molar-refractivity contribution is -0.127. The fourth-order valence-corrected chi connectivity index (χ4v) is 3.87. The van der Waals surface area contributed by atoms with Gasteiger partial charge in [0, 0.05) is 24.2 Å². The van der Waals surface area contributed by atoms with Crippen LogP contribution in [-0.4, -0.2) is 37.2 Å². The molecule has 10 heteroatoms. The quantitative estimate of drug-likeness (QED) is 0.599. The summed E-state index contributed by atoms with van der Waals surface area (Å²) in [6, 6.07) is 4.74. The van der Waals surface area contributed by atoms with Crippen molar-refractivity contribution in [3.05, 3.63) is 64.4 Å². The van der Waals surface area contributed by atoms with Crippen molar-refractivity contribution in [2.45, 2.75) is 13.1 Å². The van der Waals surface area contributed by atoms with E-state index in [1.54, 1.807) is 9.47 Å². The van der Waals surface area contributed by atoms with Crippen LogP contribution in [0.2, 0.25) is 10.0 Å². The third-order valence-corrected chi connectivity index (χ3v) is 5.47. The van der Waals surface area contributed by atoms with Crippen molar-refractivity contribution in [3.63, 3.8) is 0 Å². The molecule has 30 heavy (non-hydrogen) atoms. The van der Waals surface area contributed by atoms with Gasteiger partial charge in [0.15, 0.2) is 11.6 Å². The smallest absolute Gasteiger partial charge is 0.246 e. The van der Waals surface area contributed by atoms with Gasteiger partial charge in [0.25, 0.3) is 0 Å². The molecule has 0 aliphatic carbocycles. The average Bonchev–Trinajstić information content (AvgIpc) is 3.15. The van der Waals surface area contributed by atoms with Crippen molar-refractivity contribution in [1.29, 1.82) is 0 Å². The Labute approximate surface area is 180 Å². The highest BCUT2D eigenvalue weighted by Crippen LogP contribution is 2.43. The van der Waals surface area contributed by atoms with Gasteiger partial charge in [-0.05, 0) is 30.3 Å². The van der Waals surface area contributed by atoms with Gasteiger partial charge in [-0.25, -0.2) is 8.78 Å². The lowest BCUT2D eigenvalue weighted by atomic mass is 10.0. The first-order chi connectivity index (χ1) is 14.3. The van der Waals surface area contributed by atoms with E-state index in [0.29, 0.717) is 30.3 Å². The molecular weight excluding hydrogens is 437 g/mol. The summed E-state index contributed by atoms with van der Waals surface area (Å²) < 4.78 is 31.1. The summed E-state index contributed by atoms with van der Waals surface area (Å²) in [5.41, 5.74) is -0.400. The standard InChI is InChI=1S/C20H14Cl2F2N4O2/c1-2-16(29)27-5-6-28-15(9-27)25-26-20(28)10-7-12(22)17(14(24)8-10)18-13(23)4-3-11(21)19(18)30/h2-4,7-8,30H,1,5-6,9H2. The molecule has 1 amide bonds. The fourth-order valence-electron chi connectivity index (χ4n) is 3.41. The van der Waals surface area contributed by atoms with E-state index in [9.17, 15) is 18.7 Å². The van der Waals surface area contributed by atoms with Gasteiger partial charge < -0.3 is 14.6 Å². The monoisotopic (exact) mass is 450 g/mol. The van der Waals surface area contributed by atoms with Crippen molar-refractivity contribution in [2.75, 3.05) is 6.54 Å². The lowest BCUT2D eigenvalue weighted by Crippen LogP contribution is -2.37. The Morgan fingerprint density at radius 1 is 1.10 bits per heavy atom. The van der Waals surface area contributed by atoms with Crippen LogP contribution in [-0.2, 0) is 17.9 Å². The molecule has 1 aromatic heterocycles. The highest BCUT2D eigenvalue weighted by molar-refractivity contribution is 6.35. The second-order valence-electron chi connectivity index (χ2n) is 6.62. The van der Waals surface area contributed by atoms with Gasteiger partial charge in [0.2, 0.25) is 5.91 Å². The minimum absolute atomic E-state index is 0.127. The number of nitrogens with zero attached hydrogens (tertiary/aromatic N) is 4. The molecule has 1 aliphatic heterocycles. The number of carbonyl (C=O) groups is 1. The van der Waals surface area contributed by atoms with Crippen LogP contribution in [0.4, 0.5) is 8.78 Å². The van der Waals surface area contributed by atoms with Crippen LogP contribution in [0.15, 0.2) is 36.9 Å². The van der Waals surface area contributed by atoms with Crippen LogP contribution in [0.5, 0.6) is 5.75 Å². The average molecular weight is 451 g/mol. The molecule has 154 valence electrons. The molecular formula is C20H14Cl2F2N4O2. The molecule has 2 heterocycles. The first kappa shape index (κ1) is 20.3. The molecule has 2 aromatic carbocycles. The van der Waals surface area contributed by atoms with Crippen molar-refractivity contribution < 1.29 is 18.7 Å². The van der Waals surface area contributed by atoms with Crippen molar-refractivity contribution in [1.82, 2.24) is 19.7 Å². The van der Waals surface area contributed by atoms with Crippen molar-refractivity contribution >= 4 is 29.1 Å². The van der Waals surface area contributed by atoms with Crippen LogP contribution in [0.1, 0.15) is 5.82 Å². The third-order valence-electron chi connectivity index (χ3n) is 4.87. The summed E-state index contributed by atoms with van der Waals surface area (Å²) in [5.74, 6) is -1.64. The van der Waals surface area contributed by atoms with E-state index in [2.05, 4.69) is 16.8 Å². The molecule has 1 aliphatic rings. The number of rotatable bonds is 3. The highest BCUT2D eigenvalue weighted by Gasteiger charge is 2.26. The summed E-state index contributed by atoms with van der Waals surface area (Å²) in [6.07, 6.45) is 1.23. The molecule has 0 unspecified atom stereocenters. The molecule has 0 radical (unpaired) electrons. The van der Waals surface area contributed by atoms with Crippen molar-refractivity contribution in [2.24, 2.45) is 0 Å². The summed E-state index contributed by atoms with van der Waals surface area (Å²) >= 11 is 12.1. The molecule has 3 aromatic rings. The van der Waals surface area contributed by atoms with Gasteiger partial charge in [-0.15, -0.1) is 10.2 Å². The Morgan fingerprint density at radius 3 is 2.57 bits per heavy atom. The second-order valence-corrected chi connectivity index (χ2v) is 7.44. The van der Waals surface area contributed by atoms with Gasteiger partial charge >= 0.3 is 0 Å². The number of phenols is 1. The first-order valence-corrected chi connectivity index (χ1v) is 9.57. The summed E-state index contributed by atoms with van der Waals surface area (Å²) in [6.45, 7) is 4.54. The van der Waals surface area contributed by atoms with E-state index in [1.165, 1.54) is 18.2 Å². The number of carbonyl (C=O) groups excluding carboxylic acids is 1. The van der Waals surface area contributed by atoms with Crippen LogP contribution < -0.4 is 0 Å². The zero-order valence-electron chi connectivity index (χ0n) is 15.4. The molecule has 0 bridgehead atoms. The minimum atomic E-state index is -0.864. The number of halogens is 4. The van der Waals surface area contributed by atoms with E-state index in [4.69, 9.17) is 23.2 Å². The number of benzene rings is 2. The van der Waals surface area contributed by atoms with Crippen LogP contribution in [0, 0.1) is 11.6 Å². The molecule has 0 spiro atoms. The Morgan fingerprint density at radius 2 is 1.87 bits per heavy atom. The molecule has 0 atom stereocenters. The van der Waals surface area contributed by atoms with Gasteiger partial charge in [-0.2, -0.15) is 0 Å². The Kier molecular flexibility index (Phi) is 5.21. The zero-order valence-corrected chi connectivity index (χ0v) is 16.9. The summed E-state index contributed by atoms with van der Waals surface area (Å²) in [7, 11) is 0. The number of phenolic OH excluding ortho intramolecular Hbond substituents is 1. The molecule has 1 N–H and O–H groups in total. The number of aromatic nitrogens is 3. The molecule has 0 fully saturated rings. The Balaban J connectivity index is 1.77. The van der Waals surface area contributed by atoms with E-state index in [1.807, 2.05) is 0 Å². The lowest BCUT2D eigenvalue weighted by Gasteiger charge is -2.26. The number of fused-ring (bicyclic) bond motifs is 1. The molecule has 0 saturated heterocycles. The van der Waals surface area contributed by atoms with Crippen LogP contribution >= 0.6 is 23.2 Å². The SMILES string of the molecule is C=CC(=O)N1CCn2c(nnc2-c2cc(F)c(-c3c(F)ccc(Cl)c3O)c(Cl)c2)C1. The maximum atomic E-state index is 15.0. The third kappa shape index (κ3) is 3.32. The van der Waals surface area contributed by atoms with E-state index < -0.39 is 22.9 Å². The molecule has 0 saturated carbocycles. The van der Waals surface area contributed by atoms with E-state index >= 15 is 0 Å². The predicted molar refractivity (Wildman–Crippen MR) is 108 cm³/mol. The van der Waals surface area contributed by atoms with Crippen LogP contribution in [0.25, 0.3) is 22.5 Å².